The molecule has 118 valence electrons. The summed E-state index contributed by atoms with van der Waals surface area (Å²) in [5, 5.41) is 0. The minimum absolute atomic E-state index is 0.247. The lowest BCUT2D eigenvalue weighted by Crippen LogP contribution is -2.02. The van der Waals surface area contributed by atoms with Crippen molar-refractivity contribution in [3.63, 3.8) is 0 Å². The first kappa shape index (κ1) is 16.5. The molecule has 2 aromatic rings. The second kappa shape index (κ2) is 7.94. The second-order valence-corrected chi connectivity index (χ2v) is 4.98. The molecule has 0 N–H and O–H groups in total. The Bertz CT molecular complexity index is 714. The van der Waals surface area contributed by atoms with Crippen molar-refractivity contribution in [3.8, 4) is 0 Å². The molecule has 0 saturated heterocycles. The molecule has 4 heteroatoms. The van der Waals surface area contributed by atoms with Gasteiger partial charge in [0.1, 0.15) is 6.61 Å². The summed E-state index contributed by atoms with van der Waals surface area (Å²) in [6.07, 6.45) is 3.01. The number of methoxy groups -OCH3 is 1. The molecule has 0 spiro atoms. The van der Waals surface area contributed by atoms with Gasteiger partial charge in [0.2, 0.25) is 0 Å². The molecular formula is C19H18O4. The molecule has 0 amide bonds. The van der Waals surface area contributed by atoms with E-state index in [-0.39, 0.29) is 6.61 Å². The fourth-order valence-electron chi connectivity index (χ4n) is 1.98. The van der Waals surface area contributed by atoms with Crippen LogP contribution in [-0.4, -0.2) is 19.0 Å². The SMILES string of the molecule is COC(=O)c1ccc(/C=C/C(=O)OCc2ccccc2C)cc1. The van der Waals surface area contributed by atoms with E-state index >= 15 is 0 Å². The Hall–Kier alpha value is -2.88. The van der Waals surface area contributed by atoms with Gasteiger partial charge in [-0.25, -0.2) is 9.59 Å². The van der Waals surface area contributed by atoms with Gasteiger partial charge in [-0.05, 0) is 41.8 Å². The molecule has 0 atom stereocenters. The lowest BCUT2D eigenvalue weighted by atomic mass is 10.1. The van der Waals surface area contributed by atoms with Crippen LogP contribution in [0.15, 0.2) is 54.6 Å². The van der Waals surface area contributed by atoms with Gasteiger partial charge < -0.3 is 9.47 Å². The molecule has 0 bridgehead atoms. The number of benzene rings is 2. The van der Waals surface area contributed by atoms with E-state index in [1.165, 1.54) is 13.2 Å². The molecule has 0 radical (unpaired) electrons. The Morgan fingerprint density at radius 3 is 2.39 bits per heavy atom. The number of hydrogen-bond donors (Lipinski definition) is 0. The summed E-state index contributed by atoms with van der Waals surface area (Å²) in [7, 11) is 1.33. The molecular weight excluding hydrogens is 292 g/mol. The average molecular weight is 310 g/mol. The van der Waals surface area contributed by atoms with Crippen molar-refractivity contribution in [3.05, 3.63) is 76.9 Å². The Labute approximate surface area is 135 Å². The predicted octanol–water partition coefficient (Wildman–Crippen LogP) is 3.54. The van der Waals surface area contributed by atoms with Crippen LogP contribution >= 0.6 is 0 Å². The van der Waals surface area contributed by atoms with Gasteiger partial charge in [-0.1, -0.05) is 36.4 Å². The lowest BCUT2D eigenvalue weighted by Gasteiger charge is -2.05. The number of esters is 2. The summed E-state index contributed by atoms with van der Waals surface area (Å²) in [6, 6.07) is 14.5. The first-order valence-corrected chi connectivity index (χ1v) is 7.18. The molecule has 0 aliphatic heterocycles. The van der Waals surface area contributed by atoms with E-state index in [9.17, 15) is 9.59 Å². The van der Waals surface area contributed by atoms with Crippen LogP contribution in [0.5, 0.6) is 0 Å². The standard InChI is InChI=1S/C19H18O4/c1-14-5-3-4-6-17(14)13-23-18(20)12-9-15-7-10-16(11-8-15)19(21)22-2/h3-12H,13H2,1-2H3/b12-9+. The van der Waals surface area contributed by atoms with Crippen LogP contribution in [0, 0.1) is 6.92 Å². The lowest BCUT2D eigenvalue weighted by molar-refractivity contribution is -0.138. The van der Waals surface area contributed by atoms with Gasteiger partial charge in [-0.15, -0.1) is 0 Å². The minimum atomic E-state index is -0.412. The summed E-state index contributed by atoms with van der Waals surface area (Å²) >= 11 is 0. The van der Waals surface area contributed by atoms with Crippen molar-refractivity contribution in [2.24, 2.45) is 0 Å². The highest BCUT2D eigenvalue weighted by Gasteiger charge is 2.04. The van der Waals surface area contributed by atoms with Crippen LogP contribution in [0.4, 0.5) is 0 Å². The highest BCUT2D eigenvalue weighted by molar-refractivity contribution is 5.90. The topological polar surface area (TPSA) is 52.6 Å². The Balaban J connectivity index is 1.91. The zero-order valence-corrected chi connectivity index (χ0v) is 13.1. The van der Waals surface area contributed by atoms with Crippen molar-refractivity contribution in [1.29, 1.82) is 0 Å². The van der Waals surface area contributed by atoms with Crippen molar-refractivity contribution < 1.29 is 19.1 Å². The number of carbonyl (C=O) groups is 2. The smallest absolute Gasteiger partial charge is 0.337 e. The van der Waals surface area contributed by atoms with Crippen molar-refractivity contribution in [2.75, 3.05) is 7.11 Å². The molecule has 4 nitrogen and oxygen atoms in total. The van der Waals surface area contributed by atoms with Gasteiger partial charge >= 0.3 is 11.9 Å². The predicted molar refractivity (Wildman–Crippen MR) is 87.8 cm³/mol. The zero-order valence-electron chi connectivity index (χ0n) is 13.1. The van der Waals surface area contributed by atoms with Crippen molar-refractivity contribution >= 4 is 18.0 Å². The van der Waals surface area contributed by atoms with E-state index in [1.54, 1.807) is 30.3 Å². The Kier molecular flexibility index (Phi) is 5.69. The van der Waals surface area contributed by atoms with Crippen LogP contribution in [0.1, 0.15) is 27.0 Å². The van der Waals surface area contributed by atoms with Gasteiger partial charge in [0, 0.05) is 6.08 Å². The molecule has 0 aliphatic rings. The quantitative estimate of drug-likeness (QED) is 0.626. The van der Waals surface area contributed by atoms with Gasteiger partial charge in [0.05, 0.1) is 12.7 Å². The maximum Gasteiger partial charge on any atom is 0.337 e. The molecule has 0 aliphatic carbocycles. The number of ether oxygens (including phenoxy) is 2. The van der Waals surface area contributed by atoms with Crippen LogP contribution < -0.4 is 0 Å². The zero-order chi connectivity index (χ0) is 16.7. The van der Waals surface area contributed by atoms with E-state index in [4.69, 9.17) is 4.74 Å². The molecule has 0 fully saturated rings. The van der Waals surface area contributed by atoms with Crippen LogP contribution in [0.25, 0.3) is 6.08 Å². The summed E-state index contributed by atoms with van der Waals surface area (Å²) in [5.74, 6) is -0.802. The first-order chi connectivity index (χ1) is 11.1. The molecule has 0 heterocycles. The van der Waals surface area contributed by atoms with E-state index in [0.717, 1.165) is 16.7 Å². The van der Waals surface area contributed by atoms with Gasteiger partial charge in [-0.3, -0.25) is 0 Å². The number of hydrogen-bond acceptors (Lipinski definition) is 4. The Morgan fingerprint density at radius 1 is 1.04 bits per heavy atom. The maximum absolute atomic E-state index is 11.7. The first-order valence-electron chi connectivity index (χ1n) is 7.18. The third-order valence-electron chi connectivity index (χ3n) is 3.37. The molecule has 0 unspecified atom stereocenters. The fraction of sp³-hybridized carbons (Fsp3) is 0.158. The normalized spacial score (nSPS) is 10.5. The third-order valence-corrected chi connectivity index (χ3v) is 3.37. The highest BCUT2D eigenvalue weighted by atomic mass is 16.5. The fourth-order valence-corrected chi connectivity index (χ4v) is 1.98. The molecule has 2 aromatic carbocycles. The molecule has 0 aromatic heterocycles. The monoisotopic (exact) mass is 310 g/mol. The minimum Gasteiger partial charge on any atom is -0.465 e. The number of carbonyl (C=O) groups excluding carboxylic acids is 2. The van der Waals surface area contributed by atoms with Crippen LogP contribution in [0.3, 0.4) is 0 Å². The van der Waals surface area contributed by atoms with Gasteiger partial charge in [0.15, 0.2) is 0 Å². The van der Waals surface area contributed by atoms with Gasteiger partial charge in [-0.2, -0.15) is 0 Å². The second-order valence-electron chi connectivity index (χ2n) is 4.98. The number of rotatable bonds is 5. The molecule has 2 rings (SSSR count). The summed E-state index contributed by atoms with van der Waals surface area (Å²) in [5.41, 5.74) is 3.33. The average Bonchev–Trinajstić information content (AvgIpc) is 2.59. The van der Waals surface area contributed by atoms with E-state index in [0.29, 0.717) is 5.56 Å². The maximum atomic E-state index is 11.7. The number of aryl methyl sites for hydroxylation is 1. The summed E-state index contributed by atoms with van der Waals surface area (Å²) in [6.45, 7) is 2.22. The Morgan fingerprint density at radius 2 is 1.74 bits per heavy atom. The van der Waals surface area contributed by atoms with Crippen molar-refractivity contribution in [2.45, 2.75) is 13.5 Å². The van der Waals surface area contributed by atoms with E-state index in [2.05, 4.69) is 4.74 Å². The third kappa shape index (κ3) is 4.81. The largest absolute Gasteiger partial charge is 0.465 e. The molecule has 23 heavy (non-hydrogen) atoms. The highest BCUT2D eigenvalue weighted by Crippen LogP contribution is 2.10. The summed E-state index contributed by atoms with van der Waals surface area (Å²) in [4.78, 5) is 23.1. The molecule has 0 saturated carbocycles. The van der Waals surface area contributed by atoms with E-state index < -0.39 is 11.9 Å². The summed E-state index contributed by atoms with van der Waals surface area (Å²) < 4.78 is 9.84. The van der Waals surface area contributed by atoms with Crippen LogP contribution in [0.2, 0.25) is 0 Å². The van der Waals surface area contributed by atoms with Crippen molar-refractivity contribution in [1.82, 2.24) is 0 Å². The van der Waals surface area contributed by atoms with Crippen LogP contribution in [-0.2, 0) is 20.9 Å². The van der Waals surface area contributed by atoms with E-state index in [1.807, 2.05) is 31.2 Å². The van der Waals surface area contributed by atoms with Gasteiger partial charge in [0.25, 0.3) is 0 Å².